The zero-order valence-electron chi connectivity index (χ0n) is 13.1. The van der Waals surface area contributed by atoms with E-state index >= 15 is 0 Å². The quantitative estimate of drug-likeness (QED) is 0.702. The van der Waals surface area contributed by atoms with Gasteiger partial charge in [0.25, 0.3) is 0 Å². The number of rotatable bonds is 9. The Labute approximate surface area is 127 Å². The predicted octanol–water partition coefficient (Wildman–Crippen LogP) is 4.17. The van der Waals surface area contributed by atoms with Gasteiger partial charge in [0.1, 0.15) is 5.75 Å². The van der Waals surface area contributed by atoms with Gasteiger partial charge in [-0.15, -0.1) is 0 Å². The lowest BCUT2D eigenvalue weighted by Crippen LogP contribution is -2.23. The van der Waals surface area contributed by atoms with Crippen LogP contribution in [-0.2, 0) is 0 Å². The Hall–Kier alpha value is -1.61. The topological polar surface area (TPSA) is 34.1 Å². The van der Waals surface area contributed by atoms with E-state index < -0.39 is 0 Å². The van der Waals surface area contributed by atoms with Crippen molar-refractivity contribution in [2.24, 2.45) is 0 Å². The second-order valence-electron chi connectivity index (χ2n) is 5.74. The molecule has 1 aromatic heterocycles. The third kappa shape index (κ3) is 5.72. The molecule has 0 spiro atoms. The Bertz CT molecular complexity index is 539. The van der Waals surface area contributed by atoms with Crippen LogP contribution < -0.4 is 10.1 Å². The summed E-state index contributed by atoms with van der Waals surface area (Å²) in [5.74, 6) is 0.871. The molecule has 0 saturated carbocycles. The van der Waals surface area contributed by atoms with Crippen molar-refractivity contribution in [2.45, 2.75) is 45.6 Å². The number of nitrogens with zero attached hydrogens (tertiary/aromatic N) is 1. The number of hydrogen-bond donors (Lipinski definition) is 1. The summed E-state index contributed by atoms with van der Waals surface area (Å²) >= 11 is 0. The molecule has 114 valence electrons. The Balaban J connectivity index is 1.61. The molecule has 0 saturated heterocycles. The van der Waals surface area contributed by atoms with E-state index in [0.717, 1.165) is 36.2 Å². The fraction of sp³-hybridized carbons (Fsp3) is 0.500. The van der Waals surface area contributed by atoms with Crippen LogP contribution in [0.5, 0.6) is 5.75 Å². The molecule has 0 fully saturated rings. The van der Waals surface area contributed by atoms with Crippen LogP contribution in [0.4, 0.5) is 0 Å². The number of hydrogen-bond acceptors (Lipinski definition) is 3. The standard InChI is InChI=1S/C18H26N2O/c1-15(2)19-11-7-3-4-8-12-21-17-13-16-9-5-6-10-18(16)20-14-17/h5-6,9-10,13-15,19H,3-4,7-8,11-12H2,1-2H3. The normalized spacial score (nSPS) is 11.2. The van der Waals surface area contributed by atoms with Gasteiger partial charge in [0.15, 0.2) is 0 Å². The van der Waals surface area contributed by atoms with Gasteiger partial charge < -0.3 is 10.1 Å². The molecule has 3 heteroatoms. The lowest BCUT2D eigenvalue weighted by Gasteiger charge is -2.08. The second kappa shape index (κ2) is 8.63. The van der Waals surface area contributed by atoms with Gasteiger partial charge in [0.2, 0.25) is 0 Å². The Morgan fingerprint density at radius 3 is 2.76 bits per heavy atom. The summed E-state index contributed by atoms with van der Waals surface area (Å²) in [6, 6.07) is 10.8. The first-order valence-electron chi connectivity index (χ1n) is 7.96. The van der Waals surface area contributed by atoms with E-state index in [9.17, 15) is 0 Å². The lowest BCUT2D eigenvalue weighted by atomic mass is 10.2. The van der Waals surface area contributed by atoms with Crippen LogP contribution >= 0.6 is 0 Å². The molecule has 21 heavy (non-hydrogen) atoms. The zero-order chi connectivity index (χ0) is 14.9. The molecule has 0 atom stereocenters. The third-order valence-corrected chi connectivity index (χ3v) is 3.46. The van der Waals surface area contributed by atoms with Crippen molar-refractivity contribution in [1.82, 2.24) is 10.3 Å². The first kappa shape index (κ1) is 15.8. The van der Waals surface area contributed by atoms with Crippen LogP contribution in [-0.4, -0.2) is 24.2 Å². The first-order chi connectivity index (χ1) is 10.3. The number of pyridine rings is 1. The van der Waals surface area contributed by atoms with Crippen molar-refractivity contribution in [3.05, 3.63) is 36.5 Å². The molecule has 1 aromatic carbocycles. The molecule has 0 aliphatic carbocycles. The summed E-state index contributed by atoms with van der Waals surface area (Å²) in [6.45, 7) is 6.27. The maximum absolute atomic E-state index is 5.78. The van der Waals surface area contributed by atoms with E-state index in [1.54, 1.807) is 0 Å². The van der Waals surface area contributed by atoms with Crippen LogP contribution in [0, 0.1) is 0 Å². The summed E-state index contributed by atoms with van der Waals surface area (Å²) < 4.78 is 5.78. The van der Waals surface area contributed by atoms with Crippen molar-refractivity contribution in [3.63, 3.8) is 0 Å². The second-order valence-corrected chi connectivity index (χ2v) is 5.74. The molecule has 0 amide bonds. The van der Waals surface area contributed by atoms with Gasteiger partial charge in [0, 0.05) is 11.4 Å². The minimum absolute atomic E-state index is 0.591. The lowest BCUT2D eigenvalue weighted by molar-refractivity contribution is 0.304. The number of ether oxygens (including phenoxy) is 1. The average Bonchev–Trinajstić information content (AvgIpc) is 2.49. The molecule has 2 rings (SSSR count). The monoisotopic (exact) mass is 286 g/mol. The van der Waals surface area contributed by atoms with Crippen LogP contribution in [0.3, 0.4) is 0 Å². The van der Waals surface area contributed by atoms with Crippen LogP contribution in [0.1, 0.15) is 39.5 Å². The maximum atomic E-state index is 5.78. The van der Waals surface area contributed by atoms with Crippen LogP contribution in [0.15, 0.2) is 36.5 Å². The molecule has 2 aromatic rings. The fourth-order valence-electron chi connectivity index (χ4n) is 2.29. The number of nitrogens with one attached hydrogen (secondary N) is 1. The van der Waals surface area contributed by atoms with Gasteiger partial charge in [-0.2, -0.15) is 0 Å². The molecule has 1 N–H and O–H groups in total. The van der Waals surface area contributed by atoms with Crippen molar-refractivity contribution in [1.29, 1.82) is 0 Å². The molecule has 0 radical (unpaired) electrons. The van der Waals surface area contributed by atoms with Crippen molar-refractivity contribution in [2.75, 3.05) is 13.2 Å². The Kier molecular flexibility index (Phi) is 6.48. The minimum Gasteiger partial charge on any atom is -0.492 e. The molecule has 0 aliphatic rings. The van der Waals surface area contributed by atoms with Crippen LogP contribution in [0.2, 0.25) is 0 Å². The molecule has 0 aliphatic heterocycles. The highest BCUT2D eigenvalue weighted by atomic mass is 16.5. The maximum Gasteiger partial charge on any atom is 0.138 e. The largest absolute Gasteiger partial charge is 0.492 e. The van der Waals surface area contributed by atoms with Gasteiger partial charge >= 0.3 is 0 Å². The summed E-state index contributed by atoms with van der Waals surface area (Å²) in [5, 5.41) is 4.57. The summed E-state index contributed by atoms with van der Waals surface area (Å²) in [5.41, 5.74) is 1.02. The highest BCUT2D eigenvalue weighted by Crippen LogP contribution is 2.18. The van der Waals surface area contributed by atoms with Gasteiger partial charge in [-0.25, -0.2) is 0 Å². The number of benzene rings is 1. The van der Waals surface area contributed by atoms with E-state index in [2.05, 4.69) is 36.3 Å². The summed E-state index contributed by atoms with van der Waals surface area (Å²) in [7, 11) is 0. The molecule has 0 bridgehead atoms. The predicted molar refractivity (Wildman–Crippen MR) is 88.8 cm³/mol. The molecular formula is C18H26N2O. The van der Waals surface area contributed by atoms with Gasteiger partial charge in [-0.1, -0.05) is 44.9 Å². The number of para-hydroxylation sites is 1. The number of unbranched alkanes of at least 4 members (excludes halogenated alkanes) is 3. The fourth-order valence-corrected chi connectivity index (χ4v) is 2.29. The van der Waals surface area contributed by atoms with Gasteiger partial charge in [-0.3, -0.25) is 4.98 Å². The van der Waals surface area contributed by atoms with E-state index in [4.69, 9.17) is 4.74 Å². The highest BCUT2D eigenvalue weighted by molar-refractivity contribution is 5.79. The molecular weight excluding hydrogens is 260 g/mol. The summed E-state index contributed by atoms with van der Waals surface area (Å²) in [4.78, 5) is 4.40. The summed E-state index contributed by atoms with van der Waals surface area (Å²) in [6.07, 6.45) is 6.65. The van der Waals surface area contributed by atoms with Crippen molar-refractivity contribution >= 4 is 10.9 Å². The average molecular weight is 286 g/mol. The van der Waals surface area contributed by atoms with Crippen molar-refractivity contribution < 1.29 is 4.74 Å². The third-order valence-electron chi connectivity index (χ3n) is 3.46. The molecule has 0 unspecified atom stereocenters. The van der Waals surface area contributed by atoms with E-state index in [1.165, 1.54) is 19.3 Å². The first-order valence-corrected chi connectivity index (χ1v) is 7.96. The van der Waals surface area contributed by atoms with Crippen molar-refractivity contribution in [3.8, 4) is 5.75 Å². The minimum atomic E-state index is 0.591. The number of fused-ring (bicyclic) bond motifs is 1. The van der Waals surface area contributed by atoms with E-state index in [-0.39, 0.29) is 0 Å². The highest BCUT2D eigenvalue weighted by Gasteiger charge is 1.98. The van der Waals surface area contributed by atoms with Gasteiger partial charge in [0.05, 0.1) is 18.3 Å². The molecule has 1 heterocycles. The SMILES string of the molecule is CC(C)NCCCCCCOc1cnc2ccccc2c1. The van der Waals surface area contributed by atoms with E-state index in [0.29, 0.717) is 6.04 Å². The van der Waals surface area contributed by atoms with E-state index in [1.807, 2.05) is 24.4 Å². The number of aromatic nitrogens is 1. The zero-order valence-corrected chi connectivity index (χ0v) is 13.1. The molecule has 3 nitrogen and oxygen atoms in total. The Morgan fingerprint density at radius 2 is 1.90 bits per heavy atom. The Morgan fingerprint density at radius 1 is 1.10 bits per heavy atom. The van der Waals surface area contributed by atoms with Crippen LogP contribution in [0.25, 0.3) is 10.9 Å². The van der Waals surface area contributed by atoms with Gasteiger partial charge in [-0.05, 0) is 31.5 Å². The smallest absolute Gasteiger partial charge is 0.138 e.